The summed E-state index contributed by atoms with van der Waals surface area (Å²) in [5.74, 6) is -0.306. The molecular weight excluding hydrogens is 435 g/mol. The Morgan fingerprint density at radius 2 is 1.79 bits per heavy atom. The fraction of sp³-hybridized carbons (Fsp3) is 0.240. The van der Waals surface area contributed by atoms with Crippen LogP contribution < -0.4 is 0 Å². The summed E-state index contributed by atoms with van der Waals surface area (Å²) in [7, 11) is 3.97. The number of hydrogen-bond donors (Lipinski definition) is 0. The van der Waals surface area contributed by atoms with E-state index in [2.05, 4.69) is 25.1 Å². The molecule has 0 aliphatic carbocycles. The maximum atomic E-state index is 15.0. The number of carbonyl (C=O) groups is 1. The minimum atomic E-state index is -0.591. The second-order valence-corrected chi connectivity index (χ2v) is 8.42. The van der Waals surface area contributed by atoms with E-state index in [0.29, 0.717) is 35.9 Å². The molecule has 1 fully saturated rings. The first-order chi connectivity index (χ1) is 16.5. The van der Waals surface area contributed by atoms with Crippen molar-refractivity contribution in [1.29, 1.82) is 0 Å². The summed E-state index contributed by atoms with van der Waals surface area (Å²) >= 11 is 0. The molecule has 0 bridgehead atoms. The van der Waals surface area contributed by atoms with Crippen molar-refractivity contribution >= 4 is 5.91 Å². The molecule has 1 atom stereocenters. The zero-order valence-corrected chi connectivity index (χ0v) is 18.8. The van der Waals surface area contributed by atoms with Gasteiger partial charge in [0, 0.05) is 30.3 Å². The molecule has 0 radical (unpaired) electrons. The first-order valence-corrected chi connectivity index (χ1v) is 11.0. The van der Waals surface area contributed by atoms with E-state index >= 15 is 0 Å². The standard InChI is InChI=1S/C25H23FN6O2/c1-31(2)18-10-11-32(15-18)25(33)19-9-8-17(12-20(19)26)21-13-27-14-22(28-21)24-30-29-23(34-24)16-6-4-3-5-7-16/h3-9,12-14,18H,10-11,15H2,1-2H3/t18-/m1/s1. The number of benzene rings is 2. The zero-order valence-electron chi connectivity index (χ0n) is 18.8. The van der Waals surface area contributed by atoms with E-state index in [1.54, 1.807) is 11.0 Å². The molecular formula is C25H23FN6O2. The highest BCUT2D eigenvalue weighted by molar-refractivity contribution is 5.95. The molecule has 8 nitrogen and oxygen atoms in total. The molecule has 1 aliphatic rings. The van der Waals surface area contributed by atoms with Gasteiger partial charge in [-0.2, -0.15) is 0 Å². The zero-order chi connectivity index (χ0) is 23.7. The Bertz CT molecular complexity index is 1320. The molecule has 1 saturated heterocycles. The van der Waals surface area contributed by atoms with E-state index in [1.165, 1.54) is 24.5 Å². The highest BCUT2D eigenvalue weighted by Crippen LogP contribution is 2.26. The molecule has 3 heterocycles. The Balaban J connectivity index is 1.37. The molecule has 0 unspecified atom stereocenters. The summed E-state index contributed by atoms with van der Waals surface area (Å²) < 4.78 is 20.7. The Labute approximate surface area is 196 Å². The summed E-state index contributed by atoms with van der Waals surface area (Å²) in [4.78, 5) is 25.4. The molecule has 5 rings (SSSR count). The minimum absolute atomic E-state index is 0.0525. The van der Waals surface area contributed by atoms with Crippen LogP contribution in [0.1, 0.15) is 16.8 Å². The van der Waals surface area contributed by atoms with Gasteiger partial charge in [0.15, 0.2) is 0 Å². The highest BCUT2D eigenvalue weighted by Gasteiger charge is 2.29. The van der Waals surface area contributed by atoms with Crippen molar-refractivity contribution in [3.05, 3.63) is 72.3 Å². The molecule has 34 heavy (non-hydrogen) atoms. The Morgan fingerprint density at radius 1 is 1.03 bits per heavy atom. The van der Waals surface area contributed by atoms with E-state index in [-0.39, 0.29) is 23.4 Å². The monoisotopic (exact) mass is 458 g/mol. The number of halogens is 1. The van der Waals surface area contributed by atoms with Crippen LogP contribution in [0.15, 0.2) is 65.3 Å². The highest BCUT2D eigenvalue weighted by atomic mass is 19.1. The Kier molecular flexibility index (Phi) is 5.85. The predicted octanol–water partition coefficient (Wildman–Crippen LogP) is 3.78. The van der Waals surface area contributed by atoms with Gasteiger partial charge in [0.2, 0.25) is 5.89 Å². The average Bonchev–Trinajstić information content (AvgIpc) is 3.55. The fourth-order valence-electron chi connectivity index (χ4n) is 4.00. The van der Waals surface area contributed by atoms with Crippen LogP contribution in [0.2, 0.25) is 0 Å². The van der Waals surface area contributed by atoms with Crippen LogP contribution >= 0.6 is 0 Å². The van der Waals surface area contributed by atoms with Gasteiger partial charge < -0.3 is 14.2 Å². The van der Waals surface area contributed by atoms with Crippen LogP contribution in [0.4, 0.5) is 4.39 Å². The third-order valence-corrected chi connectivity index (χ3v) is 5.98. The van der Waals surface area contributed by atoms with Gasteiger partial charge >= 0.3 is 0 Å². The summed E-state index contributed by atoms with van der Waals surface area (Å²) in [6.07, 6.45) is 3.91. The minimum Gasteiger partial charge on any atom is -0.415 e. The van der Waals surface area contributed by atoms with Crippen molar-refractivity contribution in [3.8, 4) is 34.3 Å². The lowest BCUT2D eigenvalue weighted by molar-refractivity contribution is 0.0778. The maximum Gasteiger partial charge on any atom is 0.268 e. The van der Waals surface area contributed by atoms with Crippen molar-refractivity contribution in [3.63, 3.8) is 0 Å². The first-order valence-electron chi connectivity index (χ1n) is 11.0. The Hall–Kier alpha value is -3.98. The van der Waals surface area contributed by atoms with Gasteiger partial charge in [-0.3, -0.25) is 9.78 Å². The van der Waals surface area contributed by atoms with Crippen molar-refractivity contribution in [2.45, 2.75) is 12.5 Å². The molecule has 4 aromatic rings. The number of rotatable bonds is 5. The predicted molar refractivity (Wildman–Crippen MR) is 124 cm³/mol. The number of hydrogen-bond acceptors (Lipinski definition) is 7. The molecule has 2 aromatic carbocycles. The Morgan fingerprint density at radius 3 is 2.53 bits per heavy atom. The summed E-state index contributed by atoms with van der Waals surface area (Å²) in [6, 6.07) is 14.2. The lowest BCUT2D eigenvalue weighted by Gasteiger charge is -2.20. The van der Waals surface area contributed by atoms with Crippen LogP contribution in [0, 0.1) is 5.82 Å². The SMILES string of the molecule is CN(C)[C@@H]1CCN(C(=O)c2ccc(-c3cncc(-c4nnc(-c5ccccc5)o4)n3)cc2F)C1. The molecule has 9 heteroatoms. The van der Waals surface area contributed by atoms with Crippen molar-refractivity contribution in [2.24, 2.45) is 0 Å². The number of aromatic nitrogens is 4. The summed E-state index contributed by atoms with van der Waals surface area (Å²) in [5.41, 5.74) is 2.15. The van der Waals surface area contributed by atoms with Gasteiger partial charge in [0.25, 0.3) is 11.8 Å². The van der Waals surface area contributed by atoms with Gasteiger partial charge in [-0.25, -0.2) is 9.37 Å². The van der Waals surface area contributed by atoms with Gasteiger partial charge in [-0.1, -0.05) is 24.3 Å². The van der Waals surface area contributed by atoms with E-state index in [9.17, 15) is 9.18 Å². The average molecular weight is 458 g/mol. The smallest absolute Gasteiger partial charge is 0.268 e. The van der Waals surface area contributed by atoms with Crippen LogP contribution in [0.3, 0.4) is 0 Å². The van der Waals surface area contributed by atoms with E-state index in [0.717, 1.165) is 12.0 Å². The summed E-state index contributed by atoms with van der Waals surface area (Å²) in [6.45, 7) is 1.21. The van der Waals surface area contributed by atoms with Gasteiger partial charge in [0.05, 0.1) is 23.7 Å². The topological polar surface area (TPSA) is 88.2 Å². The van der Waals surface area contributed by atoms with Crippen LogP contribution in [0.25, 0.3) is 34.3 Å². The molecule has 2 aromatic heterocycles. The molecule has 172 valence electrons. The number of nitrogens with zero attached hydrogens (tertiary/aromatic N) is 6. The third kappa shape index (κ3) is 4.29. The first kappa shape index (κ1) is 21.8. The van der Waals surface area contributed by atoms with E-state index in [1.807, 2.05) is 44.4 Å². The maximum absolute atomic E-state index is 15.0. The number of carbonyl (C=O) groups excluding carboxylic acids is 1. The second kappa shape index (κ2) is 9.11. The van der Waals surface area contributed by atoms with E-state index < -0.39 is 5.82 Å². The normalized spacial score (nSPS) is 15.8. The van der Waals surface area contributed by atoms with Crippen molar-refractivity contribution in [2.75, 3.05) is 27.2 Å². The number of likely N-dealkylation sites (N-methyl/N-ethyl adjacent to an activating group) is 1. The number of amides is 1. The lowest BCUT2D eigenvalue weighted by Crippen LogP contribution is -2.34. The molecule has 1 amide bonds. The van der Waals surface area contributed by atoms with Crippen LogP contribution in [0.5, 0.6) is 0 Å². The van der Waals surface area contributed by atoms with Crippen LogP contribution in [-0.4, -0.2) is 69.1 Å². The summed E-state index contributed by atoms with van der Waals surface area (Å²) in [5, 5.41) is 8.14. The molecule has 0 saturated carbocycles. The van der Waals surface area contributed by atoms with Crippen LogP contribution in [-0.2, 0) is 0 Å². The second-order valence-electron chi connectivity index (χ2n) is 8.42. The van der Waals surface area contributed by atoms with E-state index in [4.69, 9.17) is 4.42 Å². The largest absolute Gasteiger partial charge is 0.415 e. The van der Waals surface area contributed by atoms with Gasteiger partial charge in [-0.15, -0.1) is 10.2 Å². The number of likely N-dealkylation sites (tertiary alicyclic amines) is 1. The fourth-order valence-corrected chi connectivity index (χ4v) is 4.00. The molecule has 1 aliphatic heterocycles. The van der Waals surface area contributed by atoms with Crippen molar-refractivity contribution in [1.82, 2.24) is 30.0 Å². The lowest BCUT2D eigenvalue weighted by atomic mass is 10.1. The van der Waals surface area contributed by atoms with Gasteiger partial charge in [0.1, 0.15) is 11.5 Å². The van der Waals surface area contributed by atoms with Gasteiger partial charge in [-0.05, 0) is 44.8 Å². The molecule has 0 N–H and O–H groups in total. The van der Waals surface area contributed by atoms with Crippen molar-refractivity contribution < 1.29 is 13.6 Å². The molecule has 0 spiro atoms. The third-order valence-electron chi connectivity index (χ3n) is 5.98. The quantitative estimate of drug-likeness (QED) is 0.450.